The summed E-state index contributed by atoms with van der Waals surface area (Å²) in [5.74, 6) is -0.407. The van der Waals surface area contributed by atoms with Crippen LogP contribution in [0.5, 0.6) is 0 Å². The minimum absolute atomic E-state index is 0.0100. The van der Waals surface area contributed by atoms with Crippen molar-refractivity contribution in [3.8, 4) is 0 Å². The number of carbonyl (C=O) groups is 1. The number of aryl methyl sites for hydroxylation is 1. The predicted molar refractivity (Wildman–Crippen MR) is 101 cm³/mol. The van der Waals surface area contributed by atoms with Crippen LogP contribution in [-0.4, -0.2) is 36.3 Å². The third-order valence-electron chi connectivity index (χ3n) is 3.92. The van der Waals surface area contributed by atoms with Gasteiger partial charge in [-0.1, -0.05) is 26.0 Å². The van der Waals surface area contributed by atoms with E-state index in [0.717, 1.165) is 16.2 Å². The molecule has 0 atom stereocenters. The molecule has 1 aromatic carbocycles. The first kappa shape index (κ1) is 19.9. The molecule has 0 aliphatic carbocycles. The van der Waals surface area contributed by atoms with Crippen LogP contribution in [0.1, 0.15) is 19.4 Å². The molecule has 0 unspecified atom stereocenters. The maximum absolute atomic E-state index is 12.6. The van der Waals surface area contributed by atoms with Crippen molar-refractivity contribution in [1.82, 2.24) is 8.87 Å². The van der Waals surface area contributed by atoms with E-state index in [9.17, 15) is 18.0 Å². The molecule has 1 amide bonds. The highest BCUT2D eigenvalue weighted by Crippen LogP contribution is 2.14. The number of carbonyl (C=O) groups excluding carboxylic acids is 1. The van der Waals surface area contributed by atoms with Crippen LogP contribution < -0.4 is 10.9 Å². The number of rotatable bonds is 7. The van der Waals surface area contributed by atoms with Crippen LogP contribution in [0.3, 0.4) is 0 Å². The number of nitrogens with zero attached hydrogens (tertiary/aromatic N) is 2. The summed E-state index contributed by atoms with van der Waals surface area (Å²) in [5.41, 5.74) is 1.17. The second-order valence-electron chi connectivity index (χ2n) is 5.84. The number of sulfonamides is 1. The SMILES string of the molecule is CCN(CC)S(=O)(=O)c1ccc(=O)n(CC(=O)Nc2cccc(C)c2)c1. The Morgan fingerprint density at radius 1 is 1.15 bits per heavy atom. The molecule has 0 saturated heterocycles. The second-order valence-corrected chi connectivity index (χ2v) is 7.78. The van der Waals surface area contributed by atoms with Gasteiger partial charge < -0.3 is 9.88 Å². The minimum Gasteiger partial charge on any atom is -0.325 e. The topological polar surface area (TPSA) is 88.5 Å². The fourth-order valence-electron chi connectivity index (χ4n) is 2.58. The normalized spacial score (nSPS) is 11.5. The Kier molecular flexibility index (Phi) is 6.33. The number of nitrogens with one attached hydrogen (secondary N) is 1. The van der Waals surface area contributed by atoms with E-state index in [4.69, 9.17) is 0 Å². The summed E-state index contributed by atoms with van der Waals surface area (Å²) < 4.78 is 27.6. The number of benzene rings is 1. The lowest BCUT2D eigenvalue weighted by Gasteiger charge is -2.19. The number of anilines is 1. The van der Waals surface area contributed by atoms with Crippen LogP contribution in [0.2, 0.25) is 0 Å². The van der Waals surface area contributed by atoms with Gasteiger partial charge in [0.05, 0.1) is 4.90 Å². The molecule has 0 radical (unpaired) electrons. The van der Waals surface area contributed by atoms with Gasteiger partial charge in [-0.05, 0) is 30.7 Å². The minimum atomic E-state index is -3.70. The predicted octanol–water partition coefficient (Wildman–Crippen LogP) is 1.83. The fourth-order valence-corrected chi connectivity index (χ4v) is 4.05. The highest BCUT2D eigenvalue weighted by Gasteiger charge is 2.22. The highest BCUT2D eigenvalue weighted by molar-refractivity contribution is 7.89. The van der Waals surface area contributed by atoms with Crippen molar-refractivity contribution in [3.05, 3.63) is 58.5 Å². The van der Waals surface area contributed by atoms with Gasteiger partial charge in [0.1, 0.15) is 6.54 Å². The summed E-state index contributed by atoms with van der Waals surface area (Å²) in [6, 6.07) is 9.70. The molecule has 26 heavy (non-hydrogen) atoms. The van der Waals surface area contributed by atoms with Crippen molar-refractivity contribution in [2.75, 3.05) is 18.4 Å². The monoisotopic (exact) mass is 377 g/mol. The zero-order valence-corrected chi connectivity index (χ0v) is 15.9. The first-order valence-corrected chi connectivity index (χ1v) is 9.79. The maximum Gasteiger partial charge on any atom is 0.251 e. The molecule has 0 spiro atoms. The molecule has 0 saturated carbocycles. The molecule has 0 aliphatic rings. The molecule has 8 heteroatoms. The smallest absolute Gasteiger partial charge is 0.251 e. The molecule has 0 fully saturated rings. The van der Waals surface area contributed by atoms with Crippen molar-refractivity contribution >= 4 is 21.6 Å². The zero-order chi connectivity index (χ0) is 19.3. The van der Waals surface area contributed by atoms with Gasteiger partial charge >= 0.3 is 0 Å². The molecule has 7 nitrogen and oxygen atoms in total. The average Bonchev–Trinajstić information content (AvgIpc) is 2.57. The Labute approximate surface area is 153 Å². The molecule has 0 bridgehead atoms. The van der Waals surface area contributed by atoms with Gasteiger partial charge in [-0.25, -0.2) is 8.42 Å². The molecule has 0 aliphatic heterocycles. The van der Waals surface area contributed by atoms with E-state index in [1.165, 1.54) is 16.6 Å². The quantitative estimate of drug-likeness (QED) is 0.797. The van der Waals surface area contributed by atoms with Crippen LogP contribution in [0.4, 0.5) is 5.69 Å². The van der Waals surface area contributed by atoms with Gasteiger partial charge in [-0.3, -0.25) is 9.59 Å². The maximum atomic E-state index is 12.6. The van der Waals surface area contributed by atoms with Gasteiger partial charge in [0, 0.05) is 31.0 Å². The largest absolute Gasteiger partial charge is 0.325 e. The van der Waals surface area contributed by atoms with Gasteiger partial charge in [-0.15, -0.1) is 0 Å². The number of amides is 1. The van der Waals surface area contributed by atoms with E-state index in [1.807, 2.05) is 25.1 Å². The summed E-state index contributed by atoms with van der Waals surface area (Å²) in [6.07, 6.45) is 1.21. The molecule has 2 rings (SSSR count). The molecule has 140 valence electrons. The lowest BCUT2D eigenvalue weighted by Crippen LogP contribution is -2.33. The second kappa shape index (κ2) is 8.29. The Balaban J connectivity index is 2.25. The third kappa shape index (κ3) is 4.59. The number of pyridine rings is 1. The highest BCUT2D eigenvalue weighted by atomic mass is 32.2. The van der Waals surface area contributed by atoms with Gasteiger partial charge in [0.2, 0.25) is 15.9 Å². The van der Waals surface area contributed by atoms with Crippen LogP contribution >= 0.6 is 0 Å². The molecular weight excluding hydrogens is 354 g/mol. The molecule has 2 aromatic rings. The fraction of sp³-hybridized carbons (Fsp3) is 0.333. The standard InChI is InChI=1S/C18H23N3O4S/c1-4-21(5-2)26(24,25)16-9-10-18(23)20(12-16)13-17(22)19-15-8-6-7-14(3)11-15/h6-12H,4-5,13H2,1-3H3,(H,19,22). The first-order valence-electron chi connectivity index (χ1n) is 8.35. The van der Waals surface area contributed by atoms with Crippen molar-refractivity contribution in [1.29, 1.82) is 0 Å². The van der Waals surface area contributed by atoms with E-state index in [2.05, 4.69) is 5.32 Å². The zero-order valence-electron chi connectivity index (χ0n) is 15.1. The molecule has 1 aromatic heterocycles. The van der Waals surface area contributed by atoms with Crippen molar-refractivity contribution < 1.29 is 13.2 Å². The van der Waals surface area contributed by atoms with E-state index < -0.39 is 21.5 Å². The molecule has 1 heterocycles. The van der Waals surface area contributed by atoms with E-state index in [1.54, 1.807) is 19.9 Å². The Morgan fingerprint density at radius 3 is 2.46 bits per heavy atom. The van der Waals surface area contributed by atoms with Crippen LogP contribution in [0.25, 0.3) is 0 Å². The van der Waals surface area contributed by atoms with E-state index in [-0.39, 0.29) is 11.4 Å². The Bertz CT molecular complexity index is 947. The van der Waals surface area contributed by atoms with Crippen LogP contribution in [0.15, 0.2) is 52.3 Å². The summed E-state index contributed by atoms with van der Waals surface area (Å²) >= 11 is 0. The summed E-state index contributed by atoms with van der Waals surface area (Å²) in [4.78, 5) is 24.2. The average molecular weight is 377 g/mol. The van der Waals surface area contributed by atoms with E-state index in [0.29, 0.717) is 18.8 Å². The Morgan fingerprint density at radius 2 is 1.85 bits per heavy atom. The molecular formula is C18H23N3O4S. The van der Waals surface area contributed by atoms with Gasteiger partial charge in [0.25, 0.3) is 5.56 Å². The lowest BCUT2D eigenvalue weighted by atomic mass is 10.2. The summed E-state index contributed by atoms with van der Waals surface area (Å²) in [6.45, 7) is 5.77. The first-order chi connectivity index (χ1) is 12.3. The Hall–Kier alpha value is -2.45. The van der Waals surface area contributed by atoms with E-state index >= 15 is 0 Å². The summed E-state index contributed by atoms with van der Waals surface area (Å²) in [5, 5.41) is 2.70. The third-order valence-corrected chi connectivity index (χ3v) is 5.95. The van der Waals surface area contributed by atoms with Crippen LogP contribution in [-0.2, 0) is 21.4 Å². The van der Waals surface area contributed by atoms with Crippen molar-refractivity contribution in [3.63, 3.8) is 0 Å². The van der Waals surface area contributed by atoms with Gasteiger partial charge in [-0.2, -0.15) is 4.31 Å². The number of hydrogen-bond donors (Lipinski definition) is 1. The van der Waals surface area contributed by atoms with Crippen molar-refractivity contribution in [2.45, 2.75) is 32.2 Å². The molecule has 1 N–H and O–H groups in total. The number of hydrogen-bond acceptors (Lipinski definition) is 4. The van der Waals surface area contributed by atoms with Crippen molar-refractivity contribution in [2.24, 2.45) is 0 Å². The van der Waals surface area contributed by atoms with Crippen LogP contribution in [0, 0.1) is 6.92 Å². The van der Waals surface area contributed by atoms with Gasteiger partial charge in [0.15, 0.2) is 0 Å². The summed E-state index contributed by atoms with van der Waals surface area (Å²) in [7, 11) is -3.70. The lowest BCUT2D eigenvalue weighted by molar-refractivity contribution is -0.116. The number of aromatic nitrogens is 1.